The lowest BCUT2D eigenvalue weighted by atomic mass is 10.1. The fourth-order valence-electron chi connectivity index (χ4n) is 3.22. The molecular weight excluding hydrogens is 467 g/mol. The molecule has 0 aliphatic carbocycles. The number of hydrogen-bond donors (Lipinski definition) is 0. The smallest absolute Gasteiger partial charge is 0.352 e. The van der Waals surface area contributed by atoms with Gasteiger partial charge in [0.2, 0.25) is 0 Å². The van der Waals surface area contributed by atoms with Crippen LogP contribution in [0.1, 0.15) is 80.1 Å². The second-order valence-corrected chi connectivity index (χ2v) is 10.9. The van der Waals surface area contributed by atoms with Crippen LogP contribution in [0.5, 0.6) is 0 Å². The third-order valence-corrected chi connectivity index (χ3v) is 7.09. The minimum Gasteiger partial charge on any atom is -0.352 e. The SMILES string of the molecule is C=CCC(C)CCOC(C)OP(=O)(OC(C)OCCC(C)CC=C)OC(C)OCCC(C)CC=C. The first-order valence-corrected chi connectivity index (χ1v) is 14.3. The Kier molecular flexibility index (Phi) is 19.8. The van der Waals surface area contributed by atoms with Gasteiger partial charge in [-0.2, -0.15) is 0 Å². The van der Waals surface area contributed by atoms with Crippen LogP contribution in [0.15, 0.2) is 38.0 Å². The molecule has 0 aliphatic rings. The second-order valence-electron chi connectivity index (χ2n) is 9.33. The average Bonchev–Trinajstić information content (AvgIpc) is 2.73. The van der Waals surface area contributed by atoms with E-state index < -0.39 is 26.7 Å². The van der Waals surface area contributed by atoms with Crippen molar-refractivity contribution < 1.29 is 32.3 Å². The Labute approximate surface area is 214 Å². The summed E-state index contributed by atoms with van der Waals surface area (Å²) in [6, 6.07) is 0. The first-order chi connectivity index (χ1) is 16.5. The van der Waals surface area contributed by atoms with E-state index in [4.69, 9.17) is 27.8 Å². The van der Waals surface area contributed by atoms with Gasteiger partial charge in [-0.05, 0) is 77.0 Å². The monoisotopic (exact) mass is 518 g/mol. The van der Waals surface area contributed by atoms with Gasteiger partial charge in [-0.15, -0.1) is 19.7 Å². The lowest BCUT2D eigenvalue weighted by Crippen LogP contribution is -2.22. The normalized spacial score (nSPS) is 18.6. The minimum atomic E-state index is -4.04. The number of rotatable bonds is 24. The van der Waals surface area contributed by atoms with E-state index in [1.165, 1.54) is 0 Å². The maximum absolute atomic E-state index is 13.5. The van der Waals surface area contributed by atoms with Crippen LogP contribution in [0, 0.1) is 17.8 Å². The fourth-order valence-corrected chi connectivity index (χ4v) is 4.65. The Balaban J connectivity index is 4.91. The highest BCUT2D eigenvalue weighted by molar-refractivity contribution is 7.48. The van der Waals surface area contributed by atoms with Crippen LogP contribution in [0.25, 0.3) is 0 Å². The maximum Gasteiger partial charge on any atom is 0.481 e. The molecule has 35 heavy (non-hydrogen) atoms. The molecular formula is C27H51O7P. The molecule has 0 heterocycles. The van der Waals surface area contributed by atoms with E-state index in [9.17, 15) is 4.57 Å². The van der Waals surface area contributed by atoms with Crippen LogP contribution < -0.4 is 0 Å². The van der Waals surface area contributed by atoms with Crippen LogP contribution >= 0.6 is 7.82 Å². The summed E-state index contributed by atoms with van der Waals surface area (Å²) in [5, 5.41) is 0. The summed E-state index contributed by atoms with van der Waals surface area (Å²) in [5.74, 6) is 1.31. The topological polar surface area (TPSA) is 72.5 Å². The molecule has 0 spiro atoms. The molecule has 0 radical (unpaired) electrons. The number of allylic oxidation sites excluding steroid dienone is 3. The van der Waals surface area contributed by atoms with Crippen molar-refractivity contribution in [1.29, 1.82) is 0 Å². The number of phosphoric ester groups is 1. The molecule has 0 bridgehead atoms. The van der Waals surface area contributed by atoms with Crippen LogP contribution in [0.4, 0.5) is 0 Å². The first kappa shape index (κ1) is 34.2. The summed E-state index contributed by atoms with van der Waals surface area (Å²) in [5.41, 5.74) is 0. The van der Waals surface area contributed by atoms with Gasteiger partial charge in [-0.25, -0.2) is 4.57 Å². The predicted molar refractivity (Wildman–Crippen MR) is 143 cm³/mol. The van der Waals surface area contributed by atoms with Gasteiger partial charge < -0.3 is 14.2 Å². The van der Waals surface area contributed by atoms with Gasteiger partial charge in [-0.3, -0.25) is 13.6 Å². The van der Waals surface area contributed by atoms with E-state index in [1.807, 2.05) is 18.2 Å². The van der Waals surface area contributed by atoms with Crippen LogP contribution in [0.3, 0.4) is 0 Å². The van der Waals surface area contributed by atoms with Crippen molar-refractivity contribution in [3.05, 3.63) is 38.0 Å². The molecule has 6 unspecified atom stereocenters. The Bertz CT molecular complexity index is 532. The summed E-state index contributed by atoms with van der Waals surface area (Å²) in [6.45, 7) is 24.0. The van der Waals surface area contributed by atoms with E-state index >= 15 is 0 Å². The van der Waals surface area contributed by atoms with E-state index in [1.54, 1.807) is 20.8 Å². The summed E-state index contributed by atoms with van der Waals surface area (Å²) < 4.78 is 47.5. The molecule has 0 fully saturated rings. The number of ether oxygens (including phenoxy) is 3. The molecule has 0 aromatic carbocycles. The lowest BCUT2D eigenvalue weighted by molar-refractivity contribution is -0.149. The maximum atomic E-state index is 13.5. The minimum absolute atomic E-state index is 0.438. The molecule has 6 atom stereocenters. The highest BCUT2D eigenvalue weighted by Crippen LogP contribution is 2.53. The Hall–Kier alpha value is -0.790. The zero-order chi connectivity index (χ0) is 26.7. The van der Waals surface area contributed by atoms with Crippen molar-refractivity contribution in [2.75, 3.05) is 19.8 Å². The molecule has 0 aromatic heterocycles. The zero-order valence-corrected chi connectivity index (χ0v) is 23.9. The second kappa shape index (κ2) is 20.3. The van der Waals surface area contributed by atoms with Crippen molar-refractivity contribution in [2.24, 2.45) is 17.8 Å². The molecule has 0 saturated heterocycles. The summed E-state index contributed by atoms with van der Waals surface area (Å²) in [4.78, 5) is 0. The van der Waals surface area contributed by atoms with Gasteiger partial charge >= 0.3 is 7.82 Å². The summed E-state index contributed by atoms with van der Waals surface area (Å²) >= 11 is 0. The fraction of sp³-hybridized carbons (Fsp3) is 0.778. The molecule has 8 heteroatoms. The zero-order valence-electron chi connectivity index (χ0n) is 23.0. The van der Waals surface area contributed by atoms with Gasteiger partial charge in [0.05, 0.1) is 0 Å². The summed E-state index contributed by atoms with van der Waals surface area (Å²) in [6.07, 6.45) is 8.49. The molecule has 0 amide bonds. The average molecular weight is 519 g/mol. The third-order valence-electron chi connectivity index (χ3n) is 5.43. The van der Waals surface area contributed by atoms with E-state index in [0.717, 1.165) is 38.5 Å². The van der Waals surface area contributed by atoms with E-state index in [2.05, 4.69) is 40.5 Å². The predicted octanol–water partition coefficient (Wildman–Crippen LogP) is 8.04. The lowest BCUT2D eigenvalue weighted by Gasteiger charge is -2.27. The Morgan fingerprint density at radius 1 is 0.571 bits per heavy atom. The highest BCUT2D eigenvalue weighted by Gasteiger charge is 2.35. The largest absolute Gasteiger partial charge is 0.481 e. The van der Waals surface area contributed by atoms with Crippen LogP contribution in [-0.4, -0.2) is 38.7 Å². The van der Waals surface area contributed by atoms with Gasteiger partial charge in [-0.1, -0.05) is 39.0 Å². The quantitative estimate of drug-likeness (QED) is 0.0727. The van der Waals surface area contributed by atoms with Gasteiger partial charge in [0.1, 0.15) is 0 Å². The molecule has 7 nitrogen and oxygen atoms in total. The van der Waals surface area contributed by atoms with Crippen molar-refractivity contribution in [2.45, 2.75) is 98.9 Å². The van der Waals surface area contributed by atoms with Gasteiger partial charge in [0, 0.05) is 19.8 Å². The highest BCUT2D eigenvalue weighted by atomic mass is 31.2. The molecule has 0 rings (SSSR count). The van der Waals surface area contributed by atoms with Crippen molar-refractivity contribution >= 4 is 7.82 Å². The molecule has 206 valence electrons. The van der Waals surface area contributed by atoms with Crippen LogP contribution in [0.2, 0.25) is 0 Å². The van der Waals surface area contributed by atoms with E-state index in [-0.39, 0.29) is 0 Å². The van der Waals surface area contributed by atoms with Crippen molar-refractivity contribution in [3.63, 3.8) is 0 Å². The van der Waals surface area contributed by atoms with Crippen molar-refractivity contribution in [3.8, 4) is 0 Å². The standard InChI is InChI=1S/C27H51O7P/c1-10-13-22(4)16-19-29-25(7)32-35(28,33-26(8)30-20-17-23(5)14-11-2)34-27(9)31-21-18-24(6)15-12-3/h10-12,22-27H,1-3,13-21H2,4-9H3. The molecule has 0 aromatic rings. The molecule has 0 saturated carbocycles. The summed E-state index contributed by atoms with van der Waals surface area (Å²) in [7, 11) is -4.04. The van der Waals surface area contributed by atoms with Crippen molar-refractivity contribution in [1.82, 2.24) is 0 Å². The molecule has 0 aliphatic heterocycles. The first-order valence-electron chi connectivity index (χ1n) is 12.9. The van der Waals surface area contributed by atoms with Gasteiger partial charge in [0.25, 0.3) is 0 Å². The number of phosphoric acid groups is 1. The van der Waals surface area contributed by atoms with Gasteiger partial charge in [0.15, 0.2) is 18.9 Å². The Morgan fingerprint density at radius 3 is 1.06 bits per heavy atom. The molecule has 0 N–H and O–H groups in total. The van der Waals surface area contributed by atoms with E-state index in [0.29, 0.717) is 37.6 Å². The number of hydrogen-bond acceptors (Lipinski definition) is 7. The van der Waals surface area contributed by atoms with Crippen LogP contribution in [-0.2, 0) is 32.3 Å². The Morgan fingerprint density at radius 2 is 0.829 bits per heavy atom. The third kappa shape index (κ3) is 19.0.